The van der Waals surface area contributed by atoms with Gasteiger partial charge in [0.2, 0.25) is 5.91 Å². The number of nitrogens with one attached hydrogen (secondary N) is 1. The summed E-state index contributed by atoms with van der Waals surface area (Å²) in [5, 5.41) is 2.58. The van der Waals surface area contributed by atoms with E-state index in [2.05, 4.69) is 5.32 Å². The monoisotopic (exact) mass is 255 g/mol. The molecule has 0 unspecified atom stereocenters. The quantitative estimate of drug-likeness (QED) is 0.666. The molecule has 17 heavy (non-hydrogen) atoms. The van der Waals surface area contributed by atoms with E-state index in [4.69, 9.17) is 11.6 Å². The minimum Gasteiger partial charge on any atom is -0.326 e. The smallest absolute Gasteiger partial charge is 0.224 e. The first-order valence-corrected chi connectivity index (χ1v) is 5.86. The molecule has 1 amide bonds. The summed E-state index contributed by atoms with van der Waals surface area (Å²) in [6, 6.07) is 2.72. The van der Waals surface area contributed by atoms with Gasteiger partial charge in [-0.15, -0.1) is 11.6 Å². The normalized spacial score (nSPS) is 14.1. The summed E-state index contributed by atoms with van der Waals surface area (Å²) in [5.74, 6) is -0.874. The number of anilines is 1. The number of hydrogen-bond acceptors (Lipinski definition) is 2. The van der Waals surface area contributed by atoms with Crippen LogP contribution in [0.1, 0.15) is 28.8 Å². The van der Waals surface area contributed by atoms with Crippen molar-refractivity contribution in [3.8, 4) is 0 Å². The number of ketones is 1. The van der Waals surface area contributed by atoms with Crippen LogP contribution in [0.25, 0.3) is 0 Å². The lowest BCUT2D eigenvalue weighted by Crippen LogP contribution is -2.20. The molecule has 1 aliphatic rings. The Morgan fingerprint density at radius 2 is 2.18 bits per heavy atom. The Labute approximate surface area is 103 Å². The Kier molecular flexibility index (Phi) is 3.43. The van der Waals surface area contributed by atoms with Crippen molar-refractivity contribution in [2.75, 3.05) is 11.2 Å². The van der Waals surface area contributed by atoms with Gasteiger partial charge in [-0.2, -0.15) is 0 Å². The molecule has 1 aromatic rings. The lowest BCUT2D eigenvalue weighted by Gasteiger charge is -2.17. The third-order valence-corrected chi connectivity index (χ3v) is 2.90. The summed E-state index contributed by atoms with van der Waals surface area (Å²) in [6.45, 7) is 0. The molecule has 1 N–H and O–H groups in total. The molecule has 0 radical (unpaired) electrons. The third kappa shape index (κ3) is 2.47. The lowest BCUT2D eigenvalue weighted by molar-refractivity contribution is -0.116. The average molecular weight is 256 g/mol. The highest BCUT2D eigenvalue weighted by Crippen LogP contribution is 2.26. The largest absolute Gasteiger partial charge is 0.326 e. The Morgan fingerprint density at radius 3 is 2.88 bits per heavy atom. The standard InChI is InChI=1S/C12H11ClFNO2/c13-4-3-11(16)8-5-7-1-2-12(17)15-10(7)6-9(8)14/h5-6H,1-4H2,(H,15,17). The zero-order valence-electron chi connectivity index (χ0n) is 9.06. The van der Waals surface area contributed by atoms with Crippen molar-refractivity contribution in [1.82, 2.24) is 0 Å². The second kappa shape index (κ2) is 4.84. The van der Waals surface area contributed by atoms with Crippen molar-refractivity contribution >= 4 is 29.0 Å². The number of fused-ring (bicyclic) bond motifs is 1. The minimum absolute atomic E-state index is 0.0561. The van der Waals surface area contributed by atoms with E-state index in [1.54, 1.807) is 0 Å². The van der Waals surface area contributed by atoms with E-state index in [-0.39, 0.29) is 29.6 Å². The first-order valence-electron chi connectivity index (χ1n) is 5.33. The molecule has 0 saturated heterocycles. The zero-order valence-corrected chi connectivity index (χ0v) is 9.81. The molecule has 1 aliphatic heterocycles. The Bertz CT molecular complexity index is 488. The number of hydrogen-bond donors (Lipinski definition) is 1. The van der Waals surface area contributed by atoms with Crippen LogP contribution in [0.3, 0.4) is 0 Å². The molecular formula is C12H11ClFNO2. The summed E-state index contributed by atoms with van der Waals surface area (Å²) >= 11 is 5.46. The average Bonchev–Trinajstić information content (AvgIpc) is 2.28. The maximum atomic E-state index is 13.7. The molecule has 1 heterocycles. The van der Waals surface area contributed by atoms with Crippen molar-refractivity contribution in [2.45, 2.75) is 19.3 Å². The summed E-state index contributed by atoms with van der Waals surface area (Å²) in [7, 11) is 0. The van der Waals surface area contributed by atoms with E-state index >= 15 is 0 Å². The molecule has 0 aliphatic carbocycles. The van der Waals surface area contributed by atoms with Crippen LogP contribution >= 0.6 is 11.6 Å². The van der Waals surface area contributed by atoms with E-state index in [0.29, 0.717) is 18.5 Å². The minimum atomic E-state index is -0.610. The third-order valence-electron chi connectivity index (χ3n) is 2.71. The van der Waals surface area contributed by atoms with Crippen molar-refractivity contribution in [2.24, 2.45) is 0 Å². The summed E-state index contributed by atoms with van der Waals surface area (Å²) in [5.41, 5.74) is 1.31. The van der Waals surface area contributed by atoms with Gasteiger partial charge in [-0.25, -0.2) is 4.39 Å². The zero-order chi connectivity index (χ0) is 12.4. The number of alkyl halides is 1. The fraction of sp³-hybridized carbons (Fsp3) is 0.333. The Balaban J connectivity index is 2.37. The van der Waals surface area contributed by atoms with Gasteiger partial charge in [0.25, 0.3) is 0 Å². The van der Waals surface area contributed by atoms with Gasteiger partial charge < -0.3 is 5.32 Å². The van der Waals surface area contributed by atoms with Crippen LogP contribution in [0.15, 0.2) is 12.1 Å². The van der Waals surface area contributed by atoms with E-state index in [9.17, 15) is 14.0 Å². The fourth-order valence-corrected chi connectivity index (χ4v) is 2.01. The number of benzene rings is 1. The van der Waals surface area contributed by atoms with E-state index in [0.717, 1.165) is 5.56 Å². The maximum absolute atomic E-state index is 13.7. The molecule has 0 fully saturated rings. The van der Waals surface area contributed by atoms with Gasteiger partial charge in [-0.3, -0.25) is 9.59 Å². The van der Waals surface area contributed by atoms with Gasteiger partial charge in [0, 0.05) is 24.4 Å². The number of aryl methyl sites for hydroxylation is 1. The lowest BCUT2D eigenvalue weighted by atomic mass is 9.97. The SMILES string of the molecule is O=C1CCc2cc(C(=O)CCCl)c(F)cc2N1. The van der Waals surface area contributed by atoms with Gasteiger partial charge in [-0.1, -0.05) is 0 Å². The highest BCUT2D eigenvalue weighted by molar-refractivity contribution is 6.19. The molecular weight excluding hydrogens is 245 g/mol. The van der Waals surface area contributed by atoms with Gasteiger partial charge in [-0.05, 0) is 24.1 Å². The molecule has 0 saturated carbocycles. The van der Waals surface area contributed by atoms with E-state index in [1.807, 2.05) is 0 Å². The van der Waals surface area contributed by atoms with Gasteiger partial charge in [0.05, 0.1) is 5.56 Å². The number of rotatable bonds is 3. The number of amides is 1. The first-order chi connectivity index (χ1) is 8.11. The number of carbonyl (C=O) groups excluding carboxylic acids is 2. The second-order valence-corrected chi connectivity index (χ2v) is 4.28. The maximum Gasteiger partial charge on any atom is 0.224 e. The van der Waals surface area contributed by atoms with Gasteiger partial charge in [0.15, 0.2) is 5.78 Å². The number of carbonyl (C=O) groups is 2. The Hall–Kier alpha value is -1.42. The van der Waals surface area contributed by atoms with E-state index < -0.39 is 5.82 Å². The number of halogens is 2. The summed E-state index contributed by atoms with van der Waals surface area (Å²) in [4.78, 5) is 22.7. The van der Waals surface area contributed by atoms with Crippen molar-refractivity contribution in [1.29, 1.82) is 0 Å². The summed E-state index contributed by atoms with van der Waals surface area (Å²) in [6.07, 6.45) is 1.01. The highest BCUT2D eigenvalue weighted by atomic mass is 35.5. The topological polar surface area (TPSA) is 46.2 Å². The summed E-state index contributed by atoms with van der Waals surface area (Å²) < 4.78 is 13.7. The molecule has 0 spiro atoms. The molecule has 0 atom stereocenters. The predicted molar refractivity (Wildman–Crippen MR) is 63.0 cm³/mol. The second-order valence-electron chi connectivity index (χ2n) is 3.90. The molecule has 1 aromatic carbocycles. The van der Waals surface area contributed by atoms with E-state index in [1.165, 1.54) is 12.1 Å². The van der Waals surface area contributed by atoms with Crippen LogP contribution in [0.5, 0.6) is 0 Å². The predicted octanol–water partition coefficient (Wildman–Crippen LogP) is 2.52. The molecule has 5 heteroatoms. The molecule has 2 rings (SSSR count). The molecule has 0 aromatic heterocycles. The number of Topliss-reactive ketones (excluding diaryl/α,β-unsaturated/α-hetero) is 1. The van der Waals surface area contributed by atoms with Gasteiger partial charge >= 0.3 is 0 Å². The van der Waals surface area contributed by atoms with Crippen LogP contribution in [0.2, 0.25) is 0 Å². The first kappa shape index (κ1) is 12.0. The van der Waals surface area contributed by atoms with Crippen LogP contribution in [0, 0.1) is 5.82 Å². The van der Waals surface area contributed by atoms with Crippen molar-refractivity contribution < 1.29 is 14.0 Å². The van der Waals surface area contributed by atoms with Crippen LogP contribution in [-0.2, 0) is 11.2 Å². The van der Waals surface area contributed by atoms with Crippen LogP contribution in [-0.4, -0.2) is 17.6 Å². The molecule has 0 bridgehead atoms. The fourth-order valence-electron chi connectivity index (χ4n) is 1.84. The molecule has 90 valence electrons. The molecule has 3 nitrogen and oxygen atoms in total. The van der Waals surface area contributed by atoms with Crippen molar-refractivity contribution in [3.05, 3.63) is 29.1 Å². The Morgan fingerprint density at radius 1 is 1.41 bits per heavy atom. The van der Waals surface area contributed by atoms with Gasteiger partial charge in [0.1, 0.15) is 5.82 Å². The highest BCUT2D eigenvalue weighted by Gasteiger charge is 2.20. The van der Waals surface area contributed by atoms with Crippen LogP contribution in [0.4, 0.5) is 10.1 Å². The van der Waals surface area contributed by atoms with Crippen molar-refractivity contribution in [3.63, 3.8) is 0 Å². The van der Waals surface area contributed by atoms with Crippen LogP contribution < -0.4 is 5.32 Å².